The third-order valence-electron chi connectivity index (χ3n) is 9.08. The van der Waals surface area contributed by atoms with E-state index in [9.17, 15) is 35.1 Å². The van der Waals surface area contributed by atoms with Crippen LogP contribution in [0.25, 0.3) is 22.3 Å². The third-order valence-corrected chi connectivity index (χ3v) is 9.08. The van der Waals surface area contributed by atoms with Crippen LogP contribution in [0.4, 0.5) is 43.9 Å². The van der Waals surface area contributed by atoms with Gasteiger partial charge in [-0.15, -0.1) is 13.2 Å². The van der Waals surface area contributed by atoms with E-state index in [2.05, 4.69) is 16.4 Å². The van der Waals surface area contributed by atoms with Crippen molar-refractivity contribution < 1.29 is 53.4 Å². The summed E-state index contributed by atoms with van der Waals surface area (Å²) in [5, 5.41) is 0. The molecular formula is C38H34F10O2. The molecule has 268 valence electrons. The molecule has 0 N–H and O–H groups in total. The molecule has 1 aliphatic carbocycles. The summed E-state index contributed by atoms with van der Waals surface area (Å²) < 4.78 is 149. The van der Waals surface area contributed by atoms with Gasteiger partial charge in [0.25, 0.3) is 0 Å². The molecule has 0 radical (unpaired) electrons. The number of halogens is 10. The van der Waals surface area contributed by atoms with Gasteiger partial charge in [0.15, 0.2) is 11.6 Å². The van der Waals surface area contributed by atoms with Crippen LogP contribution in [0, 0.1) is 35.0 Å². The molecule has 0 bridgehead atoms. The summed E-state index contributed by atoms with van der Waals surface area (Å²) >= 11 is 0. The van der Waals surface area contributed by atoms with Gasteiger partial charge in [0.1, 0.15) is 34.6 Å². The zero-order valence-electron chi connectivity index (χ0n) is 27.0. The topological polar surface area (TPSA) is 18.5 Å². The monoisotopic (exact) mass is 712 g/mol. The highest BCUT2D eigenvalue weighted by atomic mass is 19.4. The van der Waals surface area contributed by atoms with Crippen LogP contribution in [0.2, 0.25) is 0 Å². The Bertz CT molecular complexity index is 1770. The van der Waals surface area contributed by atoms with Crippen LogP contribution in [-0.2, 0) is 6.11 Å². The molecule has 0 amide bonds. The predicted octanol–water partition coefficient (Wildman–Crippen LogP) is 13.0. The van der Waals surface area contributed by atoms with Gasteiger partial charge in [-0.05, 0) is 90.6 Å². The molecule has 0 saturated heterocycles. The number of hydrogen-bond acceptors (Lipinski definition) is 2. The summed E-state index contributed by atoms with van der Waals surface area (Å²) in [6.07, 6.45) is 0.239. The van der Waals surface area contributed by atoms with Crippen molar-refractivity contribution in [1.29, 1.82) is 0 Å². The first kappa shape index (κ1) is 37.0. The molecule has 5 rings (SSSR count). The van der Waals surface area contributed by atoms with Crippen LogP contribution in [0.3, 0.4) is 0 Å². The molecule has 2 nitrogen and oxygen atoms in total. The molecular weight excluding hydrogens is 678 g/mol. The molecule has 0 heterocycles. The number of hydrogen-bond donors (Lipinski definition) is 0. The maximum atomic E-state index is 15.3. The van der Waals surface area contributed by atoms with E-state index in [1.165, 1.54) is 44.2 Å². The van der Waals surface area contributed by atoms with Crippen molar-refractivity contribution in [2.24, 2.45) is 5.92 Å². The smallest absolute Gasteiger partial charge is 0.429 e. The number of unbranched alkanes of at least 4 members (excludes halogenated alkanes) is 3. The van der Waals surface area contributed by atoms with Gasteiger partial charge < -0.3 is 9.47 Å². The highest BCUT2D eigenvalue weighted by molar-refractivity contribution is 5.72. The third kappa shape index (κ3) is 8.92. The van der Waals surface area contributed by atoms with Crippen LogP contribution in [0.1, 0.15) is 81.8 Å². The average molecular weight is 713 g/mol. The first-order chi connectivity index (χ1) is 23.6. The molecule has 12 heteroatoms. The summed E-state index contributed by atoms with van der Waals surface area (Å²) in [7, 11) is 0. The molecule has 0 aliphatic heterocycles. The predicted molar refractivity (Wildman–Crippen MR) is 168 cm³/mol. The van der Waals surface area contributed by atoms with Crippen LogP contribution in [0.5, 0.6) is 11.5 Å². The zero-order chi connectivity index (χ0) is 36.2. The molecule has 1 aliphatic rings. The van der Waals surface area contributed by atoms with Gasteiger partial charge in [0.2, 0.25) is 0 Å². The Kier molecular flexibility index (Phi) is 11.4. The summed E-state index contributed by atoms with van der Waals surface area (Å²) in [6.45, 7) is 2.19. The Morgan fingerprint density at radius 2 is 1.22 bits per heavy atom. The largest absolute Gasteiger partial charge is 0.573 e. The lowest BCUT2D eigenvalue weighted by Crippen LogP contribution is -2.25. The molecule has 1 saturated carbocycles. The Labute approximate surface area is 283 Å². The van der Waals surface area contributed by atoms with Crippen LogP contribution in [-0.4, -0.2) is 6.36 Å². The number of alkyl halides is 5. The molecule has 0 unspecified atom stereocenters. The Balaban J connectivity index is 1.28. The quantitative estimate of drug-likeness (QED) is 0.108. The maximum absolute atomic E-state index is 15.3. The van der Waals surface area contributed by atoms with E-state index in [4.69, 9.17) is 0 Å². The van der Waals surface area contributed by atoms with E-state index in [0.717, 1.165) is 43.4 Å². The number of rotatable bonds is 12. The van der Waals surface area contributed by atoms with Crippen LogP contribution in [0.15, 0.2) is 66.7 Å². The van der Waals surface area contributed by atoms with Crippen LogP contribution < -0.4 is 9.47 Å². The zero-order valence-corrected chi connectivity index (χ0v) is 27.0. The van der Waals surface area contributed by atoms with Crippen molar-refractivity contribution in [3.63, 3.8) is 0 Å². The second-order valence-electron chi connectivity index (χ2n) is 12.6. The van der Waals surface area contributed by atoms with Gasteiger partial charge in [-0.2, -0.15) is 8.78 Å². The average Bonchev–Trinajstić information content (AvgIpc) is 3.03. The molecule has 50 heavy (non-hydrogen) atoms. The van der Waals surface area contributed by atoms with Gasteiger partial charge in [0.05, 0.1) is 0 Å². The fourth-order valence-corrected chi connectivity index (χ4v) is 6.54. The molecule has 1 fully saturated rings. The van der Waals surface area contributed by atoms with E-state index < -0.39 is 64.2 Å². The SMILES string of the molecule is CCCCCCC1CCC(c2ccc(-c3ccc(-c4cc(F)c(C(F)(F)Oc5ccc(OC(F)(F)F)c(F)c5)c(F)c4)c(F)c3)c(F)c2)CC1. The van der Waals surface area contributed by atoms with E-state index in [1.54, 1.807) is 6.07 Å². The normalized spacial score (nSPS) is 16.8. The fraction of sp³-hybridized carbons (Fsp3) is 0.368. The minimum Gasteiger partial charge on any atom is -0.429 e. The molecule has 4 aromatic rings. The van der Waals surface area contributed by atoms with Crippen molar-refractivity contribution in [1.82, 2.24) is 0 Å². The standard InChI is InChI=1S/C38H34F10O2/c1-2-3-4-5-6-22-7-9-23(10-8-22)24-11-14-28(30(39)17-24)25-12-15-29(31(40)18-25)26-19-33(42)36(34(43)20-26)37(44,45)49-27-13-16-35(32(41)21-27)50-38(46,47)48/h11-23H,2-10H2,1H3. The van der Waals surface area contributed by atoms with Gasteiger partial charge >= 0.3 is 12.5 Å². The highest BCUT2D eigenvalue weighted by Crippen LogP contribution is 2.41. The molecule has 0 aromatic heterocycles. The summed E-state index contributed by atoms with van der Waals surface area (Å²) in [4.78, 5) is 0. The maximum Gasteiger partial charge on any atom is 0.573 e. The van der Waals surface area contributed by atoms with E-state index in [0.29, 0.717) is 30.2 Å². The van der Waals surface area contributed by atoms with E-state index in [-0.39, 0.29) is 28.7 Å². The van der Waals surface area contributed by atoms with Gasteiger partial charge in [0, 0.05) is 17.2 Å². The van der Waals surface area contributed by atoms with Crippen molar-refractivity contribution in [3.8, 4) is 33.8 Å². The first-order valence-electron chi connectivity index (χ1n) is 16.4. The molecule has 0 spiro atoms. The van der Waals surface area contributed by atoms with Gasteiger partial charge in [-0.25, -0.2) is 22.0 Å². The Morgan fingerprint density at radius 1 is 0.600 bits per heavy atom. The summed E-state index contributed by atoms with van der Waals surface area (Å²) in [5.74, 6) is -8.47. The Morgan fingerprint density at radius 3 is 1.82 bits per heavy atom. The van der Waals surface area contributed by atoms with Crippen LogP contribution >= 0.6 is 0 Å². The second kappa shape index (κ2) is 15.3. The minimum absolute atomic E-state index is 0.114. The van der Waals surface area contributed by atoms with Crippen molar-refractivity contribution in [3.05, 3.63) is 107 Å². The van der Waals surface area contributed by atoms with Crippen molar-refractivity contribution >= 4 is 0 Å². The summed E-state index contributed by atoms with van der Waals surface area (Å²) in [5.41, 5.74) is -1.59. The van der Waals surface area contributed by atoms with Crippen molar-refractivity contribution in [2.75, 3.05) is 0 Å². The lowest BCUT2D eigenvalue weighted by molar-refractivity contribution is -0.275. The number of ether oxygens (including phenoxy) is 2. The van der Waals surface area contributed by atoms with Gasteiger partial charge in [-0.3, -0.25) is 0 Å². The van der Waals surface area contributed by atoms with Crippen molar-refractivity contribution in [2.45, 2.75) is 83.1 Å². The fourth-order valence-electron chi connectivity index (χ4n) is 6.54. The second-order valence-corrected chi connectivity index (χ2v) is 12.6. The first-order valence-corrected chi connectivity index (χ1v) is 16.4. The van der Waals surface area contributed by atoms with E-state index in [1.807, 2.05) is 6.07 Å². The number of benzene rings is 4. The lowest BCUT2D eigenvalue weighted by atomic mass is 9.77. The van der Waals surface area contributed by atoms with E-state index >= 15 is 8.78 Å². The molecule has 0 atom stereocenters. The molecule has 4 aromatic carbocycles. The minimum atomic E-state index is -5.27. The summed E-state index contributed by atoms with van der Waals surface area (Å²) in [6, 6.07) is 10.1. The Hall–Kier alpha value is -4.22. The lowest BCUT2D eigenvalue weighted by Gasteiger charge is -2.29. The highest BCUT2D eigenvalue weighted by Gasteiger charge is 2.42. The van der Waals surface area contributed by atoms with Gasteiger partial charge in [-0.1, -0.05) is 63.3 Å².